The number of aromatic nitrogens is 1. The number of carbonyl (C=O) groups excluding carboxylic acids is 1. The Balaban J connectivity index is 2.00. The lowest BCUT2D eigenvalue weighted by atomic mass is 10.2. The first-order valence-electron chi connectivity index (χ1n) is 5.91. The lowest BCUT2D eigenvalue weighted by Crippen LogP contribution is -2.35. The van der Waals surface area contributed by atoms with Gasteiger partial charge in [-0.15, -0.1) is 11.8 Å². The van der Waals surface area contributed by atoms with Gasteiger partial charge in [0.05, 0.1) is 11.3 Å². The van der Waals surface area contributed by atoms with Gasteiger partial charge < -0.3 is 4.90 Å². The molecule has 1 amide bonds. The first-order chi connectivity index (χ1) is 9.27. The van der Waals surface area contributed by atoms with E-state index in [0.717, 1.165) is 16.3 Å². The number of halogens is 1. The summed E-state index contributed by atoms with van der Waals surface area (Å²) in [7, 11) is 0. The minimum atomic E-state index is -0.0918. The topological polar surface area (TPSA) is 33.2 Å². The first kappa shape index (κ1) is 12.5. The molecular weight excluding hydrogens is 280 g/mol. The summed E-state index contributed by atoms with van der Waals surface area (Å²) in [5, 5.41) is 0.253. The number of pyridine rings is 1. The molecule has 0 bridgehead atoms. The lowest BCUT2D eigenvalue weighted by molar-refractivity contribution is 0.0987. The first-order valence-corrected chi connectivity index (χ1v) is 7.28. The molecule has 0 unspecified atom stereocenters. The van der Waals surface area contributed by atoms with E-state index in [2.05, 4.69) is 4.98 Å². The largest absolute Gasteiger partial charge is 0.306 e. The monoisotopic (exact) mass is 290 g/mol. The van der Waals surface area contributed by atoms with Gasteiger partial charge in [-0.05, 0) is 24.3 Å². The summed E-state index contributed by atoms with van der Waals surface area (Å²) in [5.74, 6) is 0.798. The maximum atomic E-state index is 12.6. The molecule has 0 radical (unpaired) electrons. The molecule has 0 fully saturated rings. The van der Waals surface area contributed by atoms with Crippen molar-refractivity contribution in [2.75, 3.05) is 17.2 Å². The average Bonchev–Trinajstić information content (AvgIpc) is 2.46. The molecule has 1 aromatic heterocycles. The van der Waals surface area contributed by atoms with Gasteiger partial charge in [0.2, 0.25) is 0 Å². The van der Waals surface area contributed by atoms with E-state index in [0.29, 0.717) is 12.1 Å². The summed E-state index contributed by atoms with van der Waals surface area (Å²) < 4.78 is 0. The Labute approximate surface area is 120 Å². The van der Waals surface area contributed by atoms with Gasteiger partial charge in [0.15, 0.2) is 0 Å². The zero-order chi connectivity index (χ0) is 13.2. The number of carbonyl (C=O) groups is 1. The number of benzene rings is 1. The molecule has 1 aliphatic heterocycles. The molecule has 0 spiro atoms. The van der Waals surface area contributed by atoms with Crippen LogP contribution in [0, 0.1) is 0 Å². The van der Waals surface area contributed by atoms with Crippen molar-refractivity contribution in [3.63, 3.8) is 0 Å². The molecule has 0 saturated heterocycles. The number of para-hydroxylation sites is 1. The third-order valence-corrected chi connectivity index (χ3v) is 4.31. The maximum absolute atomic E-state index is 12.6. The lowest BCUT2D eigenvalue weighted by Gasteiger charge is -2.29. The van der Waals surface area contributed by atoms with Gasteiger partial charge >= 0.3 is 0 Å². The highest BCUT2D eigenvalue weighted by atomic mass is 35.5. The maximum Gasteiger partial charge on any atom is 0.261 e. The Bertz CT molecular complexity index is 632. The summed E-state index contributed by atoms with van der Waals surface area (Å²) >= 11 is 7.77. The molecule has 3 nitrogen and oxygen atoms in total. The Kier molecular flexibility index (Phi) is 3.44. The van der Waals surface area contributed by atoms with E-state index < -0.39 is 0 Å². The molecule has 3 rings (SSSR count). The summed E-state index contributed by atoms with van der Waals surface area (Å²) in [5.41, 5.74) is 1.40. The van der Waals surface area contributed by atoms with E-state index in [-0.39, 0.29) is 11.1 Å². The Morgan fingerprint density at radius 1 is 1.26 bits per heavy atom. The second kappa shape index (κ2) is 5.23. The highest BCUT2D eigenvalue weighted by molar-refractivity contribution is 7.99. The van der Waals surface area contributed by atoms with Crippen molar-refractivity contribution >= 4 is 35.0 Å². The van der Waals surface area contributed by atoms with Crippen LogP contribution in [-0.4, -0.2) is 23.2 Å². The second-order valence-electron chi connectivity index (χ2n) is 4.11. The van der Waals surface area contributed by atoms with Crippen molar-refractivity contribution in [3.8, 4) is 0 Å². The van der Waals surface area contributed by atoms with E-state index in [4.69, 9.17) is 11.6 Å². The summed E-state index contributed by atoms with van der Waals surface area (Å²) in [6, 6.07) is 11.4. The number of nitrogens with zero attached hydrogens (tertiary/aromatic N) is 2. The smallest absolute Gasteiger partial charge is 0.261 e. The van der Waals surface area contributed by atoms with Crippen LogP contribution in [0.25, 0.3) is 0 Å². The zero-order valence-electron chi connectivity index (χ0n) is 10.0. The minimum absolute atomic E-state index is 0.0918. The molecule has 0 atom stereocenters. The molecule has 19 heavy (non-hydrogen) atoms. The number of hydrogen-bond donors (Lipinski definition) is 0. The fourth-order valence-electron chi connectivity index (χ4n) is 2.07. The van der Waals surface area contributed by atoms with Gasteiger partial charge in [0.1, 0.15) is 5.15 Å². The summed E-state index contributed by atoms with van der Waals surface area (Å²) in [4.78, 5) is 19.4. The predicted molar refractivity (Wildman–Crippen MR) is 78.1 cm³/mol. The van der Waals surface area contributed by atoms with Crippen LogP contribution in [0.15, 0.2) is 47.5 Å². The number of hydrogen-bond acceptors (Lipinski definition) is 3. The van der Waals surface area contributed by atoms with Crippen molar-refractivity contribution in [2.45, 2.75) is 4.90 Å². The third-order valence-electron chi connectivity index (χ3n) is 2.96. The van der Waals surface area contributed by atoms with Crippen LogP contribution in [0.2, 0.25) is 5.15 Å². The van der Waals surface area contributed by atoms with E-state index in [1.54, 1.807) is 35.0 Å². The number of amides is 1. The quantitative estimate of drug-likeness (QED) is 0.754. The summed E-state index contributed by atoms with van der Waals surface area (Å²) in [6.45, 7) is 0.686. The average molecular weight is 291 g/mol. The van der Waals surface area contributed by atoms with Gasteiger partial charge in [-0.1, -0.05) is 23.7 Å². The van der Waals surface area contributed by atoms with Gasteiger partial charge in [0, 0.05) is 23.4 Å². The van der Waals surface area contributed by atoms with Crippen LogP contribution in [0.4, 0.5) is 5.69 Å². The van der Waals surface area contributed by atoms with E-state index in [1.165, 1.54) is 0 Å². The molecule has 5 heteroatoms. The van der Waals surface area contributed by atoms with E-state index in [9.17, 15) is 4.79 Å². The summed E-state index contributed by atoms with van der Waals surface area (Å²) in [6.07, 6.45) is 1.58. The molecule has 2 heterocycles. The molecular formula is C14H11ClN2OS. The van der Waals surface area contributed by atoms with E-state index in [1.807, 2.05) is 24.3 Å². The predicted octanol–water partition coefficient (Wildman–Crippen LogP) is 3.49. The van der Waals surface area contributed by atoms with Gasteiger partial charge in [-0.25, -0.2) is 4.98 Å². The molecule has 1 aliphatic rings. The SMILES string of the molecule is O=C(c1cccnc1Cl)N1CCSc2ccccc21. The molecule has 96 valence electrons. The molecule has 1 aromatic carbocycles. The van der Waals surface area contributed by atoms with Crippen molar-refractivity contribution in [2.24, 2.45) is 0 Å². The molecule has 2 aromatic rings. The normalized spacial score (nSPS) is 14.1. The molecule has 0 aliphatic carbocycles. The molecule has 0 N–H and O–H groups in total. The van der Waals surface area contributed by atoms with Crippen LogP contribution in [0.5, 0.6) is 0 Å². The minimum Gasteiger partial charge on any atom is -0.306 e. The van der Waals surface area contributed by atoms with Crippen molar-refractivity contribution in [3.05, 3.63) is 53.3 Å². The Hall–Kier alpha value is -1.52. The zero-order valence-corrected chi connectivity index (χ0v) is 11.6. The van der Waals surface area contributed by atoms with Crippen molar-refractivity contribution in [1.29, 1.82) is 0 Å². The van der Waals surface area contributed by atoms with Crippen molar-refractivity contribution < 1.29 is 4.79 Å². The Morgan fingerprint density at radius 2 is 2.11 bits per heavy atom. The fourth-order valence-corrected chi connectivity index (χ4v) is 3.27. The standard InChI is InChI=1S/C14H11ClN2OS/c15-13-10(4-3-7-16-13)14(18)17-8-9-19-12-6-2-1-5-11(12)17/h1-7H,8-9H2. The third kappa shape index (κ3) is 2.33. The van der Waals surface area contributed by atoms with Gasteiger partial charge in [-0.3, -0.25) is 4.79 Å². The number of anilines is 1. The second-order valence-corrected chi connectivity index (χ2v) is 5.61. The van der Waals surface area contributed by atoms with Crippen LogP contribution in [0.3, 0.4) is 0 Å². The van der Waals surface area contributed by atoms with Crippen LogP contribution in [-0.2, 0) is 0 Å². The number of thioether (sulfide) groups is 1. The number of rotatable bonds is 1. The van der Waals surface area contributed by atoms with Crippen LogP contribution >= 0.6 is 23.4 Å². The molecule has 0 saturated carbocycles. The van der Waals surface area contributed by atoms with Gasteiger partial charge in [0.25, 0.3) is 5.91 Å². The van der Waals surface area contributed by atoms with Crippen LogP contribution < -0.4 is 4.90 Å². The highest BCUT2D eigenvalue weighted by Gasteiger charge is 2.25. The van der Waals surface area contributed by atoms with Crippen LogP contribution in [0.1, 0.15) is 10.4 Å². The van der Waals surface area contributed by atoms with Crippen molar-refractivity contribution in [1.82, 2.24) is 4.98 Å². The van der Waals surface area contributed by atoms with E-state index >= 15 is 0 Å². The number of fused-ring (bicyclic) bond motifs is 1. The van der Waals surface area contributed by atoms with Gasteiger partial charge in [-0.2, -0.15) is 0 Å². The highest BCUT2D eigenvalue weighted by Crippen LogP contribution is 2.35. The fraction of sp³-hybridized carbons (Fsp3) is 0.143. The Morgan fingerprint density at radius 3 is 2.95 bits per heavy atom.